The second kappa shape index (κ2) is 8.21. The largest absolute Gasteiger partial charge is 0.395 e. The molecule has 5 nitrogen and oxygen atoms in total. The standard InChI is InChI=1S/C10H19N3O2/c1-9(2)13(6-3-4-11)8-10(15)12-5-7-14/h9,14H,3,5-8H2,1-2H3,(H,12,15). The third-order valence-corrected chi connectivity index (χ3v) is 2.02. The number of nitrogens with zero attached hydrogens (tertiary/aromatic N) is 2. The van der Waals surface area contributed by atoms with Crippen LogP contribution in [0.25, 0.3) is 0 Å². The van der Waals surface area contributed by atoms with Gasteiger partial charge in [0.1, 0.15) is 0 Å². The number of hydrogen-bond acceptors (Lipinski definition) is 4. The average molecular weight is 213 g/mol. The first-order valence-electron chi connectivity index (χ1n) is 5.10. The summed E-state index contributed by atoms with van der Waals surface area (Å²) in [5.41, 5.74) is 0. The molecule has 0 rings (SSSR count). The van der Waals surface area contributed by atoms with Gasteiger partial charge < -0.3 is 10.4 Å². The van der Waals surface area contributed by atoms with Crippen LogP contribution in [0.5, 0.6) is 0 Å². The van der Waals surface area contributed by atoms with E-state index in [4.69, 9.17) is 10.4 Å². The summed E-state index contributed by atoms with van der Waals surface area (Å²) in [5.74, 6) is -0.115. The number of carbonyl (C=O) groups is 1. The Kier molecular flexibility index (Phi) is 7.60. The summed E-state index contributed by atoms with van der Waals surface area (Å²) in [5, 5.41) is 19.6. The lowest BCUT2D eigenvalue weighted by Crippen LogP contribution is -2.41. The van der Waals surface area contributed by atoms with Gasteiger partial charge in [0.25, 0.3) is 0 Å². The maximum absolute atomic E-state index is 11.3. The Labute approximate surface area is 90.7 Å². The molecular formula is C10H19N3O2. The second-order valence-electron chi connectivity index (χ2n) is 3.55. The predicted octanol–water partition coefficient (Wildman–Crippen LogP) is -0.281. The highest BCUT2D eigenvalue weighted by atomic mass is 16.3. The zero-order chi connectivity index (χ0) is 11.7. The molecule has 0 aromatic rings. The van der Waals surface area contributed by atoms with Crippen LogP contribution in [0.2, 0.25) is 0 Å². The topological polar surface area (TPSA) is 76.4 Å². The average Bonchev–Trinajstić information content (AvgIpc) is 2.20. The maximum Gasteiger partial charge on any atom is 0.234 e. The van der Waals surface area contributed by atoms with Gasteiger partial charge in [-0.3, -0.25) is 9.69 Å². The van der Waals surface area contributed by atoms with E-state index in [1.165, 1.54) is 0 Å². The lowest BCUT2D eigenvalue weighted by atomic mass is 10.3. The summed E-state index contributed by atoms with van der Waals surface area (Å²) in [7, 11) is 0. The van der Waals surface area contributed by atoms with Crippen molar-refractivity contribution in [2.75, 3.05) is 26.2 Å². The van der Waals surface area contributed by atoms with Crippen LogP contribution < -0.4 is 5.32 Å². The highest BCUT2D eigenvalue weighted by Crippen LogP contribution is 1.98. The van der Waals surface area contributed by atoms with Gasteiger partial charge in [-0.2, -0.15) is 5.26 Å². The zero-order valence-electron chi connectivity index (χ0n) is 9.36. The van der Waals surface area contributed by atoms with E-state index in [-0.39, 0.29) is 31.6 Å². The lowest BCUT2D eigenvalue weighted by Gasteiger charge is -2.24. The number of hydrogen-bond donors (Lipinski definition) is 2. The monoisotopic (exact) mass is 213 g/mol. The fraction of sp³-hybridized carbons (Fsp3) is 0.800. The number of aliphatic hydroxyl groups is 1. The van der Waals surface area contributed by atoms with Crippen molar-refractivity contribution in [3.8, 4) is 6.07 Å². The second-order valence-corrected chi connectivity index (χ2v) is 3.55. The summed E-state index contributed by atoms with van der Waals surface area (Å²) in [6.45, 7) is 5.07. The van der Waals surface area contributed by atoms with Crippen LogP contribution in [0.15, 0.2) is 0 Å². The fourth-order valence-corrected chi connectivity index (χ4v) is 1.15. The molecule has 0 fully saturated rings. The number of amides is 1. The molecule has 0 aromatic carbocycles. The molecule has 0 aliphatic rings. The highest BCUT2D eigenvalue weighted by Gasteiger charge is 2.12. The van der Waals surface area contributed by atoms with Gasteiger partial charge in [0.05, 0.1) is 19.2 Å². The van der Waals surface area contributed by atoms with Crippen molar-refractivity contribution in [3.63, 3.8) is 0 Å². The summed E-state index contributed by atoms with van der Waals surface area (Å²) in [6.07, 6.45) is 0.422. The molecule has 0 unspecified atom stereocenters. The number of nitriles is 1. The molecule has 1 amide bonds. The molecule has 86 valence electrons. The van der Waals surface area contributed by atoms with Gasteiger partial charge in [-0.25, -0.2) is 0 Å². The van der Waals surface area contributed by atoms with E-state index < -0.39 is 0 Å². The zero-order valence-corrected chi connectivity index (χ0v) is 9.36. The van der Waals surface area contributed by atoms with Crippen molar-refractivity contribution in [2.24, 2.45) is 0 Å². The van der Waals surface area contributed by atoms with Crippen LogP contribution in [0.3, 0.4) is 0 Å². The van der Waals surface area contributed by atoms with Gasteiger partial charge in [0, 0.05) is 25.6 Å². The van der Waals surface area contributed by atoms with Gasteiger partial charge in [-0.15, -0.1) is 0 Å². The van der Waals surface area contributed by atoms with E-state index in [9.17, 15) is 4.79 Å². The smallest absolute Gasteiger partial charge is 0.234 e. The van der Waals surface area contributed by atoms with Gasteiger partial charge in [0.15, 0.2) is 0 Å². The van der Waals surface area contributed by atoms with Crippen LogP contribution in [0.1, 0.15) is 20.3 Å². The van der Waals surface area contributed by atoms with E-state index >= 15 is 0 Å². The van der Waals surface area contributed by atoms with Crippen LogP contribution >= 0.6 is 0 Å². The first-order chi connectivity index (χ1) is 7.11. The van der Waals surface area contributed by atoms with Crippen LogP contribution in [0.4, 0.5) is 0 Å². The van der Waals surface area contributed by atoms with Crippen molar-refractivity contribution < 1.29 is 9.90 Å². The Morgan fingerprint density at radius 1 is 1.60 bits per heavy atom. The molecule has 0 aliphatic heterocycles. The van der Waals surface area contributed by atoms with Gasteiger partial charge in [0.2, 0.25) is 5.91 Å². The Balaban J connectivity index is 3.94. The van der Waals surface area contributed by atoms with E-state index in [2.05, 4.69) is 11.4 Å². The summed E-state index contributed by atoms with van der Waals surface area (Å²) < 4.78 is 0. The summed E-state index contributed by atoms with van der Waals surface area (Å²) >= 11 is 0. The molecule has 0 radical (unpaired) electrons. The van der Waals surface area contributed by atoms with Crippen molar-refractivity contribution in [1.29, 1.82) is 5.26 Å². The number of nitrogens with one attached hydrogen (secondary N) is 1. The SMILES string of the molecule is CC(C)N(CCC#N)CC(=O)NCCO. The Hall–Kier alpha value is -1.12. The fourth-order valence-electron chi connectivity index (χ4n) is 1.15. The minimum Gasteiger partial charge on any atom is -0.395 e. The van der Waals surface area contributed by atoms with Gasteiger partial charge in [-0.05, 0) is 13.8 Å². The van der Waals surface area contributed by atoms with E-state index in [0.717, 1.165) is 0 Å². The van der Waals surface area contributed by atoms with E-state index in [1.807, 2.05) is 18.7 Å². The van der Waals surface area contributed by atoms with Crippen molar-refractivity contribution in [3.05, 3.63) is 0 Å². The summed E-state index contributed by atoms with van der Waals surface area (Å²) in [4.78, 5) is 13.3. The number of rotatable bonds is 7. The first-order valence-corrected chi connectivity index (χ1v) is 5.10. The molecule has 0 bridgehead atoms. The Morgan fingerprint density at radius 2 is 2.27 bits per heavy atom. The molecule has 0 aromatic heterocycles. The number of aliphatic hydroxyl groups excluding tert-OH is 1. The maximum atomic E-state index is 11.3. The molecule has 2 N–H and O–H groups in total. The molecule has 0 atom stereocenters. The third kappa shape index (κ3) is 6.89. The van der Waals surface area contributed by atoms with E-state index in [0.29, 0.717) is 13.0 Å². The Bertz CT molecular complexity index is 223. The predicted molar refractivity (Wildman–Crippen MR) is 57.0 cm³/mol. The molecule has 5 heteroatoms. The molecule has 0 spiro atoms. The molecule has 0 saturated heterocycles. The van der Waals surface area contributed by atoms with Gasteiger partial charge in [-0.1, -0.05) is 0 Å². The van der Waals surface area contributed by atoms with Crippen molar-refractivity contribution in [1.82, 2.24) is 10.2 Å². The lowest BCUT2D eigenvalue weighted by molar-refractivity contribution is -0.122. The van der Waals surface area contributed by atoms with E-state index in [1.54, 1.807) is 0 Å². The van der Waals surface area contributed by atoms with Gasteiger partial charge >= 0.3 is 0 Å². The minimum absolute atomic E-state index is 0.0500. The van der Waals surface area contributed by atoms with Crippen LogP contribution in [-0.4, -0.2) is 48.2 Å². The molecule has 15 heavy (non-hydrogen) atoms. The van der Waals surface area contributed by atoms with Crippen LogP contribution in [-0.2, 0) is 4.79 Å². The molecule has 0 saturated carbocycles. The van der Waals surface area contributed by atoms with Crippen LogP contribution in [0, 0.1) is 11.3 Å². The molecule has 0 heterocycles. The summed E-state index contributed by atoms with van der Waals surface area (Å²) in [6, 6.07) is 2.29. The van der Waals surface area contributed by atoms with Crippen molar-refractivity contribution in [2.45, 2.75) is 26.3 Å². The Morgan fingerprint density at radius 3 is 2.73 bits per heavy atom. The quantitative estimate of drug-likeness (QED) is 0.610. The number of carbonyl (C=O) groups excluding carboxylic acids is 1. The highest BCUT2D eigenvalue weighted by molar-refractivity contribution is 5.78. The normalized spacial score (nSPS) is 10.4. The minimum atomic E-state index is -0.115. The molecular weight excluding hydrogens is 194 g/mol. The molecule has 0 aliphatic carbocycles. The first kappa shape index (κ1) is 13.9. The third-order valence-electron chi connectivity index (χ3n) is 2.02. The van der Waals surface area contributed by atoms with Crippen molar-refractivity contribution >= 4 is 5.91 Å².